The van der Waals surface area contributed by atoms with E-state index >= 15 is 0 Å². The zero-order chi connectivity index (χ0) is 25.5. The fraction of sp³-hybridized carbons (Fsp3) is 0.323. The van der Waals surface area contributed by atoms with Crippen molar-refractivity contribution in [3.63, 3.8) is 0 Å². The maximum atomic E-state index is 12.3. The Balaban J connectivity index is 2.23. The highest BCUT2D eigenvalue weighted by Gasteiger charge is 2.18. The van der Waals surface area contributed by atoms with Gasteiger partial charge in [0.2, 0.25) is 5.91 Å². The van der Waals surface area contributed by atoms with Crippen LogP contribution in [0.5, 0.6) is 0 Å². The van der Waals surface area contributed by atoms with E-state index in [-0.39, 0.29) is 5.91 Å². The molecule has 4 nitrogen and oxygen atoms in total. The van der Waals surface area contributed by atoms with Gasteiger partial charge in [0, 0.05) is 48.8 Å². The topological polar surface area (TPSA) is 35.6 Å². The summed E-state index contributed by atoms with van der Waals surface area (Å²) < 4.78 is 0. The summed E-state index contributed by atoms with van der Waals surface area (Å²) in [5.74, 6) is -0.214. The lowest BCUT2D eigenvalue weighted by atomic mass is 9.88. The molecule has 35 heavy (non-hydrogen) atoms. The highest BCUT2D eigenvalue weighted by Crippen LogP contribution is 2.42. The van der Waals surface area contributed by atoms with Gasteiger partial charge in [-0.25, -0.2) is 0 Å². The third-order valence-electron chi connectivity index (χ3n) is 6.74. The number of rotatable bonds is 10. The Morgan fingerprint density at radius 3 is 1.74 bits per heavy atom. The van der Waals surface area contributed by atoms with Crippen molar-refractivity contribution in [1.82, 2.24) is 0 Å². The molecule has 0 spiro atoms. The number of nitrogens with zero attached hydrogens (tertiary/aromatic N) is 2. The number of hydrogen-bond donors (Lipinski definition) is 1. The molecule has 0 aliphatic heterocycles. The second kappa shape index (κ2) is 11.7. The van der Waals surface area contributed by atoms with Crippen LogP contribution in [-0.4, -0.2) is 32.1 Å². The molecule has 0 saturated heterocycles. The van der Waals surface area contributed by atoms with Crippen molar-refractivity contribution in [2.24, 2.45) is 0 Å². The molecule has 0 aromatic heterocycles. The molecule has 0 fully saturated rings. The molecule has 1 amide bonds. The van der Waals surface area contributed by atoms with Crippen molar-refractivity contribution < 1.29 is 4.79 Å². The number of hydrogen-bond acceptors (Lipinski definition) is 3. The number of benzene rings is 3. The molecular formula is C31H39N3O. The van der Waals surface area contributed by atoms with Gasteiger partial charge in [-0.2, -0.15) is 0 Å². The van der Waals surface area contributed by atoms with Crippen LogP contribution in [-0.2, 0) is 4.79 Å². The summed E-state index contributed by atoms with van der Waals surface area (Å²) in [5, 5.41) is 3.05. The summed E-state index contributed by atoms with van der Waals surface area (Å²) in [6.45, 7) is 20.5. The first kappa shape index (κ1) is 26.1. The summed E-state index contributed by atoms with van der Waals surface area (Å²) >= 11 is 0. The Hall–Kier alpha value is -3.53. The Bertz CT molecular complexity index is 1190. The van der Waals surface area contributed by atoms with Crippen LogP contribution in [0, 0.1) is 13.8 Å². The number of aryl methyl sites for hydroxylation is 2. The summed E-state index contributed by atoms with van der Waals surface area (Å²) in [7, 11) is 0. The second-order valence-corrected chi connectivity index (χ2v) is 8.76. The van der Waals surface area contributed by atoms with Gasteiger partial charge < -0.3 is 15.1 Å². The maximum absolute atomic E-state index is 12.3. The first-order chi connectivity index (χ1) is 16.9. The molecule has 184 valence electrons. The van der Waals surface area contributed by atoms with E-state index in [1.165, 1.54) is 28.6 Å². The quantitative estimate of drug-likeness (QED) is 0.313. The summed E-state index contributed by atoms with van der Waals surface area (Å²) in [6.07, 6.45) is 1.32. The molecule has 0 aliphatic carbocycles. The van der Waals surface area contributed by atoms with Gasteiger partial charge in [0.1, 0.15) is 0 Å². The minimum atomic E-state index is -0.214. The van der Waals surface area contributed by atoms with E-state index in [1.807, 2.05) is 12.1 Å². The van der Waals surface area contributed by atoms with Crippen LogP contribution >= 0.6 is 0 Å². The number of carbonyl (C=O) groups is 1. The van der Waals surface area contributed by atoms with Gasteiger partial charge in [-0.3, -0.25) is 4.79 Å². The maximum Gasteiger partial charge on any atom is 0.247 e. The lowest BCUT2D eigenvalue weighted by Gasteiger charge is -2.24. The zero-order valence-corrected chi connectivity index (χ0v) is 22.1. The van der Waals surface area contributed by atoms with Crippen molar-refractivity contribution in [3.05, 3.63) is 78.4 Å². The molecule has 0 radical (unpaired) electrons. The summed E-state index contributed by atoms with van der Waals surface area (Å²) in [4.78, 5) is 17.0. The van der Waals surface area contributed by atoms with Gasteiger partial charge in [-0.1, -0.05) is 30.8 Å². The number of amides is 1. The van der Waals surface area contributed by atoms with Crippen LogP contribution in [0.15, 0.2) is 67.3 Å². The smallest absolute Gasteiger partial charge is 0.247 e. The van der Waals surface area contributed by atoms with E-state index < -0.39 is 0 Å². The molecule has 0 heterocycles. The van der Waals surface area contributed by atoms with Gasteiger partial charge in [0.25, 0.3) is 0 Å². The highest BCUT2D eigenvalue weighted by atomic mass is 16.1. The standard InChI is InChI=1S/C31H39N3O/c1-8-30(35)32-29-15-13-14-28(26-18-16-24(20-22(26)6)33(9-2)10-3)31(29)27-19-17-25(21-23(27)7)34(11-4)12-5/h8,13-21H,1,9-12H2,2-7H3,(H,32,35). The largest absolute Gasteiger partial charge is 0.372 e. The van der Waals surface area contributed by atoms with Crippen molar-refractivity contribution in [1.29, 1.82) is 0 Å². The zero-order valence-electron chi connectivity index (χ0n) is 22.1. The fourth-order valence-corrected chi connectivity index (χ4v) is 4.80. The Kier molecular flexibility index (Phi) is 8.75. The van der Waals surface area contributed by atoms with Crippen LogP contribution in [0.2, 0.25) is 0 Å². The number of anilines is 3. The highest BCUT2D eigenvalue weighted by molar-refractivity contribution is 6.05. The van der Waals surface area contributed by atoms with E-state index in [2.05, 4.69) is 106 Å². The number of carbonyl (C=O) groups excluding carboxylic acids is 1. The van der Waals surface area contributed by atoms with Crippen LogP contribution in [0.1, 0.15) is 38.8 Å². The summed E-state index contributed by atoms with van der Waals surface area (Å²) in [5.41, 5.74) is 10.0. The molecule has 1 N–H and O–H groups in total. The van der Waals surface area contributed by atoms with Gasteiger partial charge in [-0.15, -0.1) is 0 Å². The lowest BCUT2D eigenvalue weighted by Crippen LogP contribution is -2.21. The van der Waals surface area contributed by atoms with Crippen molar-refractivity contribution in [2.75, 3.05) is 41.3 Å². The molecule has 4 heteroatoms. The normalized spacial score (nSPS) is 10.7. The van der Waals surface area contributed by atoms with Gasteiger partial charge in [0.15, 0.2) is 0 Å². The molecule has 0 bridgehead atoms. The van der Waals surface area contributed by atoms with E-state index in [1.54, 1.807) is 0 Å². The van der Waals surface area contributed by atoms with E-state index in [0.717, 1.165) is 54.1 Å². The van der Waals surface area contributed by atoms with Crippen molar-refractivity contribution in [2.45, 2.75) is 41.5 Å². The molecule has 3 rings (SSSR count). The molecule has 3 aromatic carbocycles. The van der Waals surface area contributed by atoms with E-state index in [9.17, 15) is 4.79 Å². The third kappa shape index (κ3) is 5.59. The minimum absolute atomic E-state index is 0.214. The lowest BCUT2D eigenvalue weighted by molar-refractivity contribution is -0.111. The minimum Gasteiger partial charge on any atom is -0.372 e. The molecule has 0 aliphatic rings. The first-order valence-corrected chi connectivity index (χ1v) is 12.7. The molecule has 0 saturated carbocycles. The Morgan fingerprint density at radius 2 is 1.29 bits per heavy atom. The average molecular weight is 470 g/mol. The van der Waals surface area contributed by atoms with Crippen LogP contribution in [0.3, 0.4) is 0 Å². The van der Waals surface area contributed by atoms with Gasteiger partial charge in [-0.05, 0) is 106 Å². The SMILES string of the molecule is C=CC(=O)Nc1cccc(-c2ccc(N(CC)CC)cc2C)c1-c1ccc(N(CC)CC)cc1C. The first-order valence-electron chi connectivity index (χ1n) is 12.7. The van der Waals surface area contributed by atoms with Gasteiger partial charge in [0.05, 0.1) is 0 Å². The predicted octanol–water partition coefficient (Wildman–Crippen LogP) is 7.45. The Labute approximate surface area is 211 Å². The van der Waals surface area contributed by atoms with Crippen LogP contribution in [0.4, 0.5) is 17.1 Å². The van der Waals surface area contributed by atoms with E-state index in [4.69, 9.17) is 0 Å². The third-order valence-corrected chi connectivity index (χ3v) is 6.74. The van der Waals surface area contributed by atoms with Crippen LogP contribution < -0.4 is 15.1 Å². The number of nitrogens with one attached hydrogen (secondary N) is 1. The van der Waals surface area contributed by atoms with Gasteiger partial charge >= 0.3 is 0 Å². The Morgan fingerprint density at radius 1 is 0.771 bits per heavy atom. The average Bonchev–Trinajstić information content (AvgIpc) is 2.86. The van der Waals surface area contributed by atoms with Crippen molar-refractivity contribution in [3.8, 4) is 22.3 Å². The van der Waals surface area contributed by atoms with E-state index in [0.29, 0.717) is 0 Å². The van der Waals surface area contributed by atoms with Crippen molar-refractivity contribution >= 4 is 23.0 Å². The molecule has 3 aromatic rings. The second-order valence-electron chi connectivity index (χ2n) is 8.76. The molecule has 0 atom stereocenters. The fourth-order valence-electron chi connectivity index (χ4n) is 4.80. The molecule has 0 unspecified atom stereocenters. The predicted molar refractivity (Wildman–Crippen MR) is 153 cm³/mol. The summed E-state index contributed by atoms with van der Waals surface area (Å²) in [6, 6.07) is 19.4. The van der Waals surface area contributed by atoms with Crippen LogP contribution in [0.25, 0.3) is 22.3 Å². The molecular weight excluding hydrogens is 430 g/mol. The monoisotopic (exact) mass is 469 g/mol.